The highest BCUT2D eigenvalue weighted by atomic mass is 32.1. The number of thiazole rings is 1. The Bertz CT molecular complexity index is 458. The average molecular weight is 266 g/mol. The molecule has 3 rings (SSSR count). The van der Waals surface area contributed by atoms with Crippen LogP contribution in [0.3, 0.4) is 0 Å². The van der Waals surface area contributed by atoms with Gasteiger partial charge in [-0.3, -0.25) is 4.79 Å². The number of anilines is 1. The smallest absolute Gasteiger partial charge is 0.186 e. The lowest BCUT2D eigenvalue weighted by Gasteiger charge is -2.20. The monoisotopic (exact) mass is 266 g/mol. The van der Waals surface area contributed by atoms with E-state index in [4.69, 9.17) is 4.74 Å². The van der Waals surface area contributed by atoms with Gasteiger partial charge >= 0.3 is 0 Å². The number of hydrogen-bond donors (Lipinski definition) is 0. The highest BCUT2D eigenvalue weighted by Gasteiger charge is 2.25. The van der Waals surface area contributed by atoms with Crippen molar-refractivity contribution in [2.45, 2.75) is 38.7 Å². The molecule has 4 nitrogen and oxygen atoms in total. The number of ether oxygens (including phenoxy) is 1. The molecule has 0 aromatic carbocycles. The van der Waals surface area contributed by atoms with E-state index < -0.39 is 0 Å². The number of nitrogens with zero attached hydrogens (tertiary/aromatic N) is 2. The van der Waals surface area contributed by atoms with Crippen molar-refractivity contribution in [1.29, 1.82) is 0 Å². The van der Waals surface area contributed by atoms with Crippen molar-refractivity contribution < 1.29 is 9.53 Å². The van der Waals surface area contributed by atoms with Gasteiger partial charge in [0, 0.05) is 31.0 Å². The number of Topliss-reactive ketones (excluding diaryl/α,β-unsaturated/α-hetero) is 1. The van der Waals surface area contributed by atoms with E-state index >= 15 is 0 Å². The second kappa shape index (κ2) is 4.97. The third-order valence-corrected chi connectivity index (χ3v) is 4.66. The predicted molar refractivity (Wildman–Crippen MR) is 71.6 cm³/mol. The lowest BCUT2D eigenvalue weighted by molar-refractivity contribution is 0.0821. The van der Waals surface area contributed by atoms with Crippen LogP contribution >= 0.6 is 11.3 Å². The van der Waals surface area contributed by atoms with Gasteiger partial charge in [0.1, 0.15) is 5.69 Å². The molecule has 0 saturated carbocycles. The standard InChI is InChI=1S/C13H18N2O2S/c1-9-8-15(6-3-7-17-9)13-14-12-10(16)4-2-5-11(12)18-13/h9H,2-8H2,1H3. The van der Waals surface area contributed by atoms with Crippen LogP contribution in [0.15, 0.2) is 0 Å². The first kappa shape index (κ1) is 12.1. The van der Waals surface area contributed by atoms with E-state index in [1.807, 2.05) is 0 Å². The van der Waals surface area contributed by atoms with E-state index in [2.05, 4.69) is 16.8 Å². The van der Waals surface area contributed by atoms with Crippen molar-refractivity contribution in [1.82, 2.24) is 4.98 Å². The van der Waals surface area contributed by atoms with Crippen molar-refractivity contribution in [2.75, 3.05) is 24.6 Å². The normalized spacial score (nSPS) is 24.8. The van der Waals surface area contributed by atoms with Gasteiger partial charge in [-0.15, -0.1) is 11.3 Å². The van der Waals surface area contributed by atoms with Gasteiger partial charge < -0.3 is 9.64 Å². The van der Waals surface area contributed by atoms with Crippen molar-refractivity contribution >= 4 is 22.3 Å². The molecule has 1 unspecified atom stereocenters. The molecule has 0 radical (unpaired) electrons. The molecule has 1 aromatic rings. The molecule has 1 aliphatic carbocycles. The molecular formula is C13H18N2O2S. The number of fused-ring (bicyclic) bond motifs is 1. The Morgan fingerprint density at radius 3 is 3.11 bits per heavy atom. The number of carbonyl (C=O) groups is 1. The zero-order valence-corrected chi connectivity index (χ0v) is 11.5. The van der Waals surface area contributed by atoms with Gasteiger partial charge in [-0.05, 0) is 26.2 Å². The Balaban J connectivity index is 1.85. The number of aromatic nitrogens is 1. The molecule has 2 heterocycles. The van der Waals surface area contributed by atoms with Gasteiger partial charge in [0.25, 0.3) is 0 Å². The molecule has 0 amide bonds. The molecule has 0 bridgehead atoms. The number of aryl methyl sites for hydroxylation is 1. The Labute approximate surface area is 111 Å². The summed E-state index contributed by atoms with van der Waals surface area (Å²) in [6.45, 7) is 4.77. The summed E-state index contributed by atoms with van der Waals surface area (Å²) in [6, 6.07) is 0. The fourth-order valence-corrected chi connectivity index (χ4v) is 3.71. The zero-order valence-electron chi connectivity index (χ0n) is 10.6. The van der Waals surface area contributed by atoms with Crippen molar-refractivity contribution in [3.63, 3.8) is 0 Å². The van der Waals surface area contributed by atoms with Crippen LogP contribution in [0.4, 0.5) is 5.13 Å². The Kier molecular flexibility index (Phi) is 3.35. The molecule has 0 N–H and O–H groups in total. The first-order valence-corrected chi connectivity index (χ1v) is 7.45. The van der Waals surface area contributed by atoms with Gasteiger partial charge in [0.15, 0.2) is 10.9 Å². The Hall–Kier alpha value is -0.940. The maximum atomic E-state index is 11.8. The third-order valence-electron chi connectivity index (χ3n) is 3.48. The van der Waals surface area contributed by atoms with Crippen LogP contribution in [0.5, 0.6) is 0 Å². The topological polar surface area (TPSA) is 42.4 Å². The summed E-state index contributed by atoms with van der Waals surface area (Å²) in [6.07, 6.45) is 3.92. The summed E-state index contributed by atoms with van der Waals surface area (Å²) in [7, 11) is 0. The molecule has 1 fully saturated rings. The van der Waals surface area contributed by atoms with E-state index in [0.29, 0.717) is 6.42 Å². The van der Waals surface area contributed by atoms with Gasteiger partial charge in [-0.1, -0.05) is 0 Å². The van der Waals surface area contributed by atoms with Crippen LogP contribution in [-0.2, 0) is 11.2 Å². The van der Waals surface area contributed by atoms with E-state index in [1.165, 1.54) is 4.88 Å². The minimum atomic E-state index is 0.220. The number of ketones is 1. The van der Waals surface area contributed by atoms with Crippen molar-refractivity contribution in [3.05, 3.63) is 10.6 Å². The summed E-state index contributed by atoms with van der Waals surface area (Å²) in [5.74, 6) is 0.220. The van der Waals surface area contributed by atoms with Crippen LogP contribution in [-0.4, -0.2) is 36.6 Å². The maximum Gasteiger partial charge on any atom is 0.186 e. The van der Waals surface area contributed by atoms with Gasteiger partial charge in [-0.2, -0.15) is 0 Å². The number of rotatable bonds is 1. The Morgan fingerprint density at radius 1 is 1.39 bits per heavy atom. The van der Waals surface area contributed by atoms with E-state index in [-0.39, 0.29) is 11.9 Å². The highest BCUT2D eigenvalue weighted by Crippen LogP contribution is 2.32. The van der Waals surface area contributed by atoms with Gasteiger partial charge in [0.2, 0.25) is 0 Å². The van der Waals surface area contributed by atoms with Gasteiger partial charge in [-0.25, -0.2) is 4.98 Å². The lowest BCUT2D eigenvalue weighted by Crippen LogP contribution is -2.30. The molecule has 0 spiro atoms. The van der Waals surface area contributed by atoms with E-state index in [0.717, 1.165) is 49.8 Å². The fourth-order valence-electron chi connectivity index (χ4n) is 2.56. The average Bonchev–Trinajstić information content (AvgIpc) is 2.67. The molecule has 18 heavy (non-hydrogen) atoms. The minimum absolute atomic E-state index is 0.220. The third kappa shape index (κ3) is 2.29. The maximum absolute atomic E-state index is 11.8. The van der Waals surface area contributed by atoms with Crippen LogP contribution in [0, 0.1) is 0 Å². The summed E-state index contributed by atoms with van der Waals surface area (Å²) >= 11 is 1.70. The molecule has 5 heteroatoms. The summed E-state index contributed by atoms with van der Waals surface area (Å²) in [4.78, 5) is 19.8. The van der Waals surface area contributed by atoms with Crippen LogP contribution in [0.25, 0.3) is 0 Å². The quantitative estimate of drug-likeness (QED) is 0.782. The molecule has 1 aromatic heterocycles. The lowest BCUT2D eigenvalue weighted by atomic mass is 10.0. The SMILES string of the molecule is CC1CN(c2nc3c(s2)CCCC3=O)CCCO1. The van der Waals surface area contributed by atoms with Gasteiger partial charge in [0.05, 0.1) is 6.10 Å². The first-order valence-electron chi connectivity index (χ1n) is 6.63. The zero-order chi connectivity index (χ0) is 12.5. The van der Waals surface area contributed by atoms with Crippen LogP contribution < -0.4 is 4.90 Å². The van der Waals surface area contributed by atoms with Crippen molar-refractivity contribution in [2.24, 2.45) is 0 Å². The minimum Gasteiger partial charge on any atom is -0.377 e. The van der Waals surface area contributed by atoms with E-state index in [1.54, 1.807) is 11.3 Å². The number of carbonyl (C=O) groups excluding carboxylic acids is 1. The Morgan fingerprint density at radius 2 is 2.28 bits per heavy atom. The second-order valence-corrected chi connectivity index (χ2v) is 6.09. The van der Waals surface area contributed by atoms with E-state index in [9.17, 15) is 4.79 Å². The second-order valence-electron chi connectivity index (χ2n) is 5.03. The number of hydrogen-bond acceptors (Lipinski definition) is 5. The largest absolute Gasteiger partial charge is 0.377 e. The van der Waals surface area contributed by atoms with Crippen molar-refractivity contribution in [3.8, 4) is 0 Å². The molecular weight excluding hydrogens is 248 g/mol. The summed E-state index contributed by atoms with van der Waals surface area (Å²) in [5, 5.41) is 1.01. The van der Waals surface area contributed by atoms with Crippen LogP contribution in [0.1, 0.15) is 41.6 Å². The van der Waals surface area contributed by atoms with Crippen LogP contribution in [0.2, 0.25) is 0 Å². The highest BCUT2D eigenvalue weighted by molar-refractivity contribution is 7.16. The molecule has 1 saturated heterocycles. The molecule has 2 aliphatic rings. The molecule has 1 aliphatic heterocycles. The molecule has 1 atom stereocenters. The first-order chi connectivity index (χ1) is 8.74. The molecule has 98 valence electrons. The summed E-state index contributed by atoms with van der Waals surface area (Å²) in [5.41, 5.74) is 0.735. The fraction of sp³-hybridized carbons (Fsp3) is 0.692. The predicted octanol–water partition coefficient (Wildman–Crippen LogP) is 2.28. The summed E-state index contributed by atoms with van der Waals surface area (Å²) < 4.78 is 5.65.